The molecule has 2 rings (SSSR count). The van der Waals surface area contributed by atoms with Gasteiger partial charge in [-0.25, -0.2) is 12.8 Å². The first-order chi connectivity index (χ1) is 8.55. The maximum absolute atomic E-state index is 13.2. The number of piperidine rings is 1. The van der Waals surface area contributed by atoms with Gasteiger partial charge in [0.05, 0.1) is 4.90 Å². The summed E-state index contributed by atoms with van der Waals surface area (Å²) in [6.07, 6.45) is 2.74. The quantitative estimate of drug-likeness (QED) is 0.796. The molecule has 1 aromatic carbocycles. The summed E-state index contributed by atoms with van der Waals surface area (Å²) in [6, 6.07) is 5.16. The highest BCUT2D eigenvalue weighted by Gasteiger charge is 2.32. The molecule has 0 N–H and O–H groups in total. The maximum atomic E-state index is 13.2. The Labute approximate surface area is 115 Å². The molecule has 0 radical (unpaired) electrons. The van der Waals surface area contributed by atoms with Gasteiger partial charge in [-0.3, -0.25) is 0 Å². The van der Waals surface area contributed by atoms with Gasteiger partial charge < -0.3 is 0 Å². The van der Waals surface area contributed by atoms with Crippen molar-refractivity contribution in [2.75, 3.05) is 11.9 Å². The van der Waals surface area contributed by atoms with Crippen molar-refractivity contribution in [2.45, 2.75) is 30.2 Å². The third-order valence-electron chi connectivity index (χ3n) is 3.15. The summed E-state index contributed by atoms with van der Waals surface area (Å²) in [5, 5.41) is 0.613. The molecular formula is C12H15BrFNO2S. The lowest BCUT2D eigenvalue weighted by atomic mass is 10.1. The lowest BCUT2D eigenvalue weighted by molar-refractivity contribution is 0.273. The number of halogens is 2. The van der Waals surface area contributed by atoms with E-state index in [1.54, 1.807) is 0 Å². The molecule has 1 saturated heterocycles. The highest BCUT2D eigenvalue weighted by Crippen LogP contribution is 2.26. The molecule has 0 aliphatic carbocycles. The Morgan fingerprint density at radius 1 is 1.39 bits per heavy atom. The van der Waals surface area contributed by atoms with Gasteiger partial charge in [0.15, 0.2) is 0 Å². The second kappa shape index (κ2) is 5.67. The fourth-order valence-electron chi connectivity index (χ4n) is 2.21. The van der Waals surface area contributed by atoms with Crippen LogP contribution in [0.1, 0.15) is 19.3 Å². The Morgan fingerprint density at radius 2 is 2.17 bits per heavy atom. The van der Waals surface area contributed by atoms with Crippen LogP contribution in [0.25, 0.3) is 0 Å². The van der Waals surface area contributed by atoms with E-state index in [1.165, 1.54) is 22.5 Å². The summed E-state index contributed by atoms with van der Waals surface area (Å²) >= 11 is 3.35. The van der Waals surface area contributed by atoms with E-state index < -0.39 is 15.8 Å². The van der Waals surface area contributed by atoms with E-state index in [1.807, 2.05) is 0 Å². The first kappa shape index (κ1) is 14.0. The molecule has 3 nitrogen and oxygen atoms in total. The van der Waals surface area contributed by atoms with Crippen molar-refractivity contribution in [1.82, 2.24) is 4.31 Å². The molecule has 1 atom stereocenters. The minimum Gasteiger partial charge on any atom is -0.207 e. The number of hydrogen-bond acceptors (Lipinski definition) is 2. The predicted molar refractivity (Wildman–Crippen MR) is 71.7 cm³/mol. The minimum atomic E-state index is -3.58. The van der Waals surface area contributed by atoms with Crippen molar-refractivity contribution in [3.05, 3.63) is 30.1 Å². The average molecular weight is 336 g/mol. The van der Waals surface area contributed by atoms with Crippen LogP contribution >= 0.6 is 15.9 Å². The lowest BCUT2D eigenvalue weighted by Crippen LogP contribution is -2.44. The first-order valence-electron chi connectivity index (χ1n) is 5.89. The Hall–Kier alpha value is -0.460. The highest BCUT2D eigenvalue weighted by molar-refractivity contribution is 9.09. The van der Waals surface area contributed by atoms with Gasteiger partial charge in [0.2, 0.25) is 10.0 Å². The molecule has 100 valence electrons. The largest absolute Gasteiger partial charge is 0.243 e. The first-order valence-corrected chi connectivity index (χ1v) is 8.45. The smallest absolute Gasteiger partial charge is 0.207 e. The van der Waals surface area contributed by atoms with Crippen LogP contribution in [0.2, 0.25) is 0 Å². The predicted octanol–water partition coefficient (Wildman–Crippen LogP) is 2.76. The SMILES string of the molecule is O=S(=O)(c1cccc(F)c1)N1CCCCC1CBr. The van der Waals surface area contributed by atoms with Crippen molar-refractivity contribution in [2.24, 2.45) is 0 Å². The number of nitrogens with zero attached hydrogens (tertiary/aromatic N) is 1. The van der Waals surface area contributed by atoms with Gasteiger partial charge in [-0.15, -0.1) is 0 Å². The van der Waals surface area contributed by atoms with Gasteiger partial charge in [0.25, 0.3) is 0 Å². The van der Waals surface area contributed by atoms with Crippen molar-refractivity contribution >= 4 is 26.0 Å². The van der Waals surface area contributed by atoms with Crippen LogP contribution in [0.15, 0.2) is 29.2 Å². The highest BCUT2D eigenvalue weighted by atomic mass is 79.9. The summed E-state index contributed by atoms with van der Waals surface area (Å²) in [7, 11) is -3.58. The molecule has 1 fully saturated rings. The number of benzene rings is 1. The normalized spacial score (nSPS) is 22.0. The Bertz CT molecular complexity index is 521. The van der Waals surface area contributed by atoms with E-state index in [9.17, 15) is 12.8 Å². The van der Waals surface area contributed by atoms with Crippen LogP contribution in [0.4, 0.5) is 4.39 Å². The third-order valence-corrected chi connectivity index (χ3v) is 5.85. The molecule has 0 aromatic heterocycles. The van der Waals surface area contributed by atoms with E-state index in [0.29, 0.717) is 11.9 Å². The monoisotopic (exact) mass is 335 g/mol. The summed E-state index contributed by atoms with van der Waals surface area (Å²) in [4.78, 5) is 0.0374. The van der Waals surface area contributed by atoms with Gasteiger partial charge in [0, 0.05) is 17.9 Å². The van der Waals surface area contributed by atoms with Crippen LogP contribution in [0, 0.1) is 5.82 Å². The fourth-order valence-corrected chi connectivity index (χ4v) is 4.80. The van der Waals surface area contributed by atoms with Crippen LogP contribution < -0.4 is 0 Å². The summed E-state index contributed by atoms with van der Waals surface area (Å²) in [5.41, 5.74) is 0. The zero-order chi connectivity index (χ0) is 13.2. The molecule has 0 spiro atoms. The lowest BCUT2D eigenvalue weighted by Gasteiger charge is -2.33. The van der Waals surface area contributed by atoms with Gasteiger partial charge in [-0.05, 0) is 31.0 Å². The molecule has 1 aliphatic rings. The van der Waals surface area contributed by atoms with Gasteiger partial charge in [-0.1, -0.05) is 28.4 Å². The van der Waals surface area contributed by atoms with E-state index in [4.69, 9.17) is 0 Å². The van der Waals surface area contributed by atoms with Crippen LogP contribution in [-0.4, -0.2) is 30.6 Å². The number of hydrogen-bond donors (Lipinski definition) is 0. The molecule has 0 saturated carbocycles. The second-order valence-corrected chi connectivity index (χ2v) is 6.92. The standard InChI is InChI=1S/C12H15BrFNO2S/c13-9-11-5-1-2-7-15(11)18(16,17)12-6-3-4-10(14)8-12/h3-4,6,8,11H,1-2,5,7,9H2. The molecule has 1 aromatic rings. The molecular weight excluding hydrogens is 321 g/mol. The van der Waals surface area contributed by atoms with Crippen molar-refractivity contribution in [1.29, 1.82) is 0 Å². The number of rotatable bonds is 3. The van der Waals surface area contributed by atoms with Crippen LogP contribution in [0.3, 0.4) is 0 Å². The summed E-state index contributed by atoms with van der Waals surface area (Å²) in [5.74, 6) is -0.525. The number of alkyl halides is 1. The zero-order valence-electron chi connectivity index (χ0n) is 9.85. The topological polar surface area (TPSA) is 37.4 Å². The Balaban J connectivity index is 2.35. The van der Waals surface area contributed by atoms with Crippen LogP contribution in [-0.2, 0) is 10.0 Å². The second-order valence-electron chi connectivity index (χ2n) is 4.38. The third kappa shape index (κ3) is 2.75. The van der Waals surface area contributed by atoms with Gasteiger partial charge in [-0.2, -0.15) is 4.31 Å². The number of sulfonamides is 1. The average Bonchev–Trinajstić information content (AvgIpc) is 2.38. The van der Waals surface area contributed by atoms with E-state index >= 15 is 0 Å². The molecule has 6 heteroatoms. The van der Waals surface area contributed by atoms with Gasteiger partial charge in [0.1, 0.15) is 5.82 Å². The summed E-state index contributed by atoms with van der Waals surface area (Å²) < 4.78 is 39.5. The molecule has 1 aliphatic heterocycles. The molecule has 1 heterocycles. The fraction of sp³-hybridized carbons (Fsp3) is 0.500. The van der Waals surface area contributed by atoms with E-state index in [0.717, 1.165) is 25.3 Å². The van der Waals surface area contributed by atoms with Gasteiger partial charge >= 0.3 is 0 Å². The van der Waals surface area contributed by atoms with Crippen LogP contribution in [0.5, 0.6) is 0 Å². The molecule has 1 unspecified atom stereocenters. The Morgan fingerprint density at radius 3 is 2.83 bits per heavy atom. The molecule has 0 bridgehead atoms. The van der Waals surface area contributed by atoms with Crippen molar-refractivity contribution < 1.29 is 12.8 Å². The minimum absolute atomic E-state index is 0.0352. The van der Waals surface area contributed by atoms with E-state index in [2.05, 4.69) is 15.9 Å². The molecule has 18 heavy (non-hydrogen) atoms. The van der Waals surface area contributed by atoms with Crippen molar-refractivity contribution in [3.8, 4) is 0 Å². The van der Waals surface area contributed by atoms with E-state index in [-0.39, 0.29) is 10.9 Å². The van der Waals surface area contributed by atoms with Crippen molar-refractivity contribution in [3.63, 3.8) is 0 Å². The Kier molecular flexibility index (Phi) is 4.40. The zero-order valence-corrected chi connectivity index (χ0v) is 12.3. The maximum Gasteiger partial charge on any atom is 0.243 e. The summed E-state index contributed by atoms with van der Waals surface area (Å²) in [6.45, 7) is 0.509. The molecule has 0 amide bonds.